The third kappa shape index (κ3) is 5.45. The number of hydrogen-bond acceptors (Lipinski definition) is 7. The number of aromatic amines is 1. The zero-order valence-corrected chi connectivity index (χ0v) is 19.4. The van der Waals surface area contributed by atoms with Crippen LogP contribution in [0.15, 0.2) is 41.3 Å². The van der Waals surface area contributed by atoms with Gasteiger partial charge in [-0.2, -0.15) is 18.2 Å². The van der Waals surface area contributed by atoms with E-state index in [1.165, 1.54) is 30.3 Å². The highest BCUT2D eigenvalue weighted by Crippen LogP contribution is 2.43. The molecule has 1 aliphatic rings. The van der Waals surface area contributed by atoms with Crippen LogP contribution in [-0.2, 0) is 16.0 Å². The lowest BCUT2D eigenvalue weighted by Crippen LogP contribution is -2.24. The first-order valence-corrected chi connectivity index (χ1v) is 12.5. The number of nitrogens with two attached hydrogens (primary N) is 1. The van der Waals surface area contributed by atoms with Crippen molar-refractivity contribution in [3.8, 4) is 11.1 Å². The van der Waals surface area contributed by atoms with Crippen LogP contribution >= 0.6 is 11.6 Å². The van der Waals surface area contributed by atoms with E-state index < -0.39 is 21.6 Å². The molecule has 1 aliphatic heterocycles. The van der Waals surface area contributed by atoms with Gasteiger partial charge < -0.3 is 16.4 Å². The Balaban J connectivity index is 1.62. The van der Waals surface area contributed by atoms with Gasteiger partial charge in [-0.25, -0.2) is 13.5 Å². The smallest absolute Gasteiger partial charge is 0.368 e. The first-order chi connectivity index (χ1) is 16.0. The van der Waals surface area contributed by atoms with E-state index >= 15 is 0 Å². The van der Waals surface area contributed by atoms with Crippen LogP contribution in [0.3, 0.4) is 0 Å². The summed E-state index contributed by atoms with van der Waals surface area (Å²) in [6.07, 6.45) is -2.29. The van der Waals surface area contributed by atoms with E-state index in [1.54, 1.807) is 0 Å². The van der Waals surface area contributed by atoms with Crippen molar-refractivity contribution in [1.29, 1.82) is 0 Å². The summed E-state index contributed by atoms with van der Waals surface area (Å²) in [7, 11) is -3.57. The highest BCUT2D eigenvalue weighted by Gasteiger charge is 2.35. The zero-order chi connectivity index (χ0) is 24.5. The molecule has 0 spiro atoms. The molecule has 0 amide bonds. The van der Waals surface area contributed by atoms with Crippen molar-refractivity contribution < 1.29 is 21.6 Å². The van der Waals surface area contributed by atoms with Crippen LogP contribution in [0.25, 0.3) is 11.1 Å². The monoisotopic (exact) mass is 514 g/mol. The number of nitrogens with zero attached hydrogens (tertiary/aromatic N) is 2. The third-order valence-corrected chi connectivity index (χ3v) is 7.62. The number of hydrogen-bond donors (Lipinski definition) is 4. The molecule has 1 aromatic heterocycles. The molecule has 34 heavy (non-hydrogen) atoms. The van der Waals surface area contributed by atoms with Gasteiger partial charge >= 0.3 is 6.18 Å². The lowest BCUT2D eigenvalue weighted by Gasteiger charge is -2.17. The molecule has 1 atom stereocenters. The van der Waals surface area contributed by atoms with Gasteiger partial charge in [0.15, 0.2) is 9.84 Å². The molecular formula is C21H22ClF3N6O2S. The van der Waals surface area contributed by atoms with Crippen LogP contribution in [0, 0.1) is 0 Å². The van der Waals surface area contributed by atoms with Gasteiger partial charge in [0, 0.05) is 17.3 Å². The summed E-state index contributed by atoms with van der Waals surface area (Å²) in [5.74, 6) is -0.0578. The predicted molar refractivity (Wildman–Crippen MR) is 124 cm³/mol. The predicted octanol–water partition coefficient (Wildman–Crippen LogP) is 4.39. The molecule has 2 aromatic carbocycles. The maximum absolute atomic E-state index is 13.9. The van der Waals surface area contributed by atoms with Crippen molar-refractivity contribution in [3.63, 3.8) is 0 Å². The van der Waals surface area contributed by atoms with Crippen molar-refractivity contribution in [1.82, 2.24) is 20.5 Å². The summed E-state index contributed by atoms with van der Waals surface area (Å²) >= 11 is 6.26. The Hall–Kier alpha value is -2.83. The van der Waals surface area contributed by atoms with E-state index in [0.717, 1.165) is 25.5 Å². The average Bonchev–Trinajstić information content (AvgIpc) is 3.43. The fraction of sp³-hybridized carbons (Fsp3) is 0.333. The van der Waals surface area contributed by atoms with E-state index in [2.05, 4.69) is 25.8 Å². The second kappa shape index (κ2) is 9.43. The molecule has 2 heterocycles. The molecule has 3 aromatic rings. The van der Waals surface area contributed by atoms with Gasteiger partial charge in [-0.15, -0.1) is 5.10 Å². The van der Waals surface area contributed by atoms with Gasteiger partial charge in [0.05, 0.1) is 21.2 Å². The highest BCUT2D eigenvalue weighted by atomic mass is 35.5. The molecule has 1 saturated heterocycles. The highest BCUT2D eigenvalue weighted by molar-refractivity contribution is 7.91. The van der Waals surface area contributed by atoms with E-state index in [-0.39, 0.29) is 50.4 Å². The molecule has 8 nitrogen and oxygen atoms in total. The molecule has 1 unspecified atom stereocenters. The Morgan fingerprint density at radius 2 is 1.94 bits per heavy atom. The van der Waals surface area contributed by atoms with E-state index in [9.17, 15) is 21.6 Å². The Bertz CT molecular complexity index is 1270. The summed E-state index contributed by atoms with van der Waals surface area (Å²) in [5.41, 5.74) is 4.34. The van der Waals surface area contributed by atoms with Crippen LogP contribution in [0.1, 0.15) is 24.8 Å². The molecule has 0 saturated carbocycles. The molecule has 5 N–H and O–H groups in total. The molecule has 0 bridgehead atoms. The van der Waals surface area contributed by atoms with E-state index in [1.807, 2.05) is 0 Å². The number of sulfone groups is 1. The molecular weight excluding hydrogens is 493 g/mol. The molecule has 0 aliphatic carbocycles. The maximum atomic E-state index is 13.9. The first-order valence-electron chi connectivity index (χ1n) is 10.4. The number of H-pyrrole nitrogens is 1. The summed E-state index contributed by atoms with van der Waals surface area (Å²) < 4.78 is 67.1. The Labute approximate surface area is 199 Å². The molecule has 0 radical (unpaired) electrons. The summed E-state index contributed by atoms with van der Waals surface area (Å²) in [6, 6.07) is 7.64. The Morgan fingerprint density at radius 1 is 1.21 bits per heavy atom. The van der Waals surface area contributed by atoms with Gasteiger partial charge in [-0.05, 0) is 55.6 Å². The Morgan fingerprint density at radius 3 is 2.53 bits per heavy atom. The molecule has 13 heteroatoms. The second-order valence-corrected chi connectivity index (χ2v) is 10.5. The normalized spacial score (nSPS) is 16.6. The fourth-order valence-electron chi connectivity index (χ4n) is 3.90. The van der Waals surface area contributed by atoms with Crippen LogP contribution in [0.4, 0.5) is 30.8 Å². The number of alkyl halides is 3. The van der Waals surface area contributed by atoms with Crippen LogP contribution in [-0.4, -0.2) is 41.9 Å². The molecule has 1 fully saturated rings. The minimum absolute atomic E-state index is 0.00388. The van der Waals surface area contributed by atoms with Crippen LogP contribution in [0.5, 0.6) is 0 Å². The van der Waals surface area contributed by atoms with Crippen molar-refractivity contribution >= 4 is 39.0 Å². The van der Waals surface area contributed by atoms with Crippen molar-refractivity contribution in [2.75, 3.05) is 23.3 Å². The standard InChI is InChI=1S/C21H22ClF3N6O2S/c22-17-11-14(28-20-29-19(26)30-31-20)10-16(21(23,24)25)18(17)12-3-5-15(6-4-12)34(32,33)9-7-13-2-1-8-27-13/h3-6,10-11,13,27H,1-2,7-9H2,(H4,26,28,29,30,31). The third-order valence-electron chi connectivity index (χ3n) is 5.55. The largest absolute Gasteiger partial charge is 0.417 e. The van der Waals surface area contributed by atoms with E-state index in [0.29, 0.717) is 6.42 Å². The number of nitrogens with one attached hydrogen (secondary N) is 3. The lowest BCUT2D eigenvalue weighted by atomic mass is 9.98. The summed E-state index contributed by atoms with van der Waals surface area (Å²) in [5, 5.41) is 11.8. The van der Waals surface area contributed by atoms with Gasteiger partial charge in [-0.3, -0.25) is 0 Å². The average molecular weight is 515 g/mol. The fourth-order valence-corrected chi connectivity index (χ4v) is 5.61. The van der Waals surface area contributed by atoms with Gasteiger partial charge in [0.1, 0.15) is 0 Å². The summed E-state index contributed by atoms with van der Waals surface area (Å²) in [4.78, 5) is 3.85. The van der Waals surface area contributed by atoms with Gasteiger partial charge in [0.25, 0.3) is 0 Å². The number of aromatic nitrogens is 3. The number of halogens is 4. The minimum Gasteiger partial charge on any atom is -0.368 e. The molecule has 182 valence electrons. The first kappa shape index (κ1) is 24.3. The second-order valence-electron chi connectivity index (χ2n) is 7.97. The number of nitrogen functional groups attached to an aromatic ring is 1. The SMILES string of the molecule is Nc1nc(Nc2cc(Cl)c(-c3ccc(S(=O)(=O)CCC4CCCN4)cc3)c(C(F)(F)F)c2)n[nH]1. The van der Waals surface area contributed by atoms with E-state index in [4.69, 9.17) is 17.3 Å². The van der Waals surface area contributed by atoms with Crippen LogP contribution in [0.2, 0.25) is 5.02 Å². The topological polar surface area (TPSA) is 126 Å². The summed E-state index contributed by atoms with van der Waals surface area (Å²) in [6.45, 7) is 0.877. The maximum Gasteiger partial charge on any atom is 0.417 e. The number of rotatable bonds is 7. The van der Waals surface area contributed by atoms with Crippen molar-refractivity contribution in [2.24, 2.45) is 0 Å². The quantitative estimate of drug-likeness (QED) is 0.368. The van der Waals surface area contributed by atoms with Gasteiger partial charge in [0.2, 0.25) is 11.9 Å². The van der Waals surface area contributed by atoms with Crippen molar-refractivity contribution in [2.45, 2.75) is 36.4 Å². The number of anilines is 3. The number of benzene rings is 2. The lowest BCUT2D eigenvalue weighted by molar-refractivity contribution is -0.137. The Kier molecular flexibility index (Phi) is 6.74. The van der Waals surface area contributed by atoms with Crippen molar-refractivity contribution in [3.05, 3.63) is 47.0 Å². The molecule has 4 rings (SSSR count). The van der Waals surface area contributed by atoms with Crippen LogP contribution < -0.4 is 16.4 Å². The van der Waals surface area contributed by atoms with Gasteiger partial charge in [-0.1, -0.05) is 23.7 Å². The zero-order valence-electron chi connectivity index (χ0n) is 17.8. The minimum atomic E-state index is -4.73.